The maximum atomic E-state index is 12.9. The molecular formula is C18H17NO2S2. The quantitative estimate of drug-likeness (QED) is 0.848. The Bertz CT molecular complexity index is 747. The summed E-state index contributed by atoms with van der Waals surface area (Å²) in [6.45, 7) is 0. The number of carbonyl (C=O) groups is 2. The van der Waals surface area contributed by atoms with Crippen LogP contribution in [-0.2, 0) is 0 Å². The number of nitrogens with two attached hydrogens (primary N) is 1. The van der Waals surface area contributed by atoms with Gasteiger partial charge in [0.25, 0.3) is 0 Å². The number of fused-ring (bicyclic) bond motifs is 2. The van der Waals surface area contributed by atoms with Gasteiger partial charge in [0.05, 0.1) is 16.4 Å². The van der Waals surface area contributed by atoms with Crippen LogP contribution in [0.2, 0.25) is 0 Å². The fourth-order valence-corrected chi connectivity index (χ4v) is 6.46. The summed E-state index contributed by atoms with van der Waals surface area (Å²) in [6.07, 6.45) is 5.08. The van der Waals surface area contributed by atoms with Gasteiger partial charge in [-0.3, -0.25) is 9.59 Å². The summed E-state index contributed by atoms with van der Waals surface area (Å²) >= 11 is 3.76. The molecule has 0 radical (unpaired) electrons. The average molecular weight is 343 g/mol. The molecule has 1 aliphatic heterocycles. The summed E-state index contributed by atoms with van der Waals surface area (Å²) in [5, 5.41) is 0. The first kappa shape index (κ1) is 15.1. The van der Waals surface area contributed by atoms with Crippen LogP contribution >= 0.6 is 23.5 Å². The van der Waals surface area contributed by atoms with Gasteiger partial charge in [0.2, 0.25) is 0 Å². The molecule has 0 amide bonds. The zero-order valence-corrected chi connectivity index (χ0v) is 14.2. The third-order valence-corrected chi connectivity index (χ3v) is 7.61. The maximum Gasteiger partial charge on any atom is 0.173 e. The molecule has 1 saturated heterocycles. The molecule has 118 valence electrons. The van der Waals surface area contributed by atoms with Crippen molar-refractivity contribution in [2.45, 2.75) is 11.0 Å². The van der Waals surface area contributed by atoms with E-state index in [2.05, 4.69) is 0 Å². The summed E-state index contributed by atoms with van der Waals surface area (Å²) in [6, 6.07) is 7.08. The Labute approximate surface area is 143 Å². The Balaban J connectivity index is 1.77. The summed E-state index contributed by atoms with van der Waals surface area (Å²) in [7, 11) is 0. The van der Waals surface area contributed by atoms with Crippen LogP contribution in [0.4, 0.5) is 0 Å². The molecule has 23 heavy (non-hydrogen) atoms. The Kier molecular flexibility index (Phi) is 3.85. The number of carbonyl (C=O) groups excluding carboxylic acids is 2. The van der Waals surface area contributed by atoms with Gasteiger partial charge >= 0.3 is 0 Å². The SMILES string of the molecule is NC1=C(C2SCCCS2)C=CC2C(=O)c3ccccc3C(=O)C12. The third-order valence-electron chi connectivity index (χ3n) is 4.63. The predicted molar refractivity (Wildman–Crippen MR) is 95.8 cm³/mol. The van der Waals surface area contributed by atoms with Crippen LogP contribution in [0.3, 0.4) is 0 Å². The molecule has 0 spiro atoms. The lowest BCUT2D eigenvalue weighted by Crippen LogP contribution is -2.41. The molecule has 1 heterocycles. The Hall–Kier alpha value is -1.46. The van der Waals surface area contributed by atoms with Crippen molar-refractivity contribution in [3.63, 3.8) is 0 Å². The molecule has 1 aromatic rings. The van der Waals surface area contributed by atoms with Gasteiger partial charge in [-0.1, -0.05) is 36.4 Å². The van der Waals surface area contributed by atoms with Crippen LogP contribution in [0.5, 0.6) is 0 Å². The number of hydrogen-bond acceptors (Lipinski definition) is 5. The highest BCUT2D eigenvalue weighted by Crippen LogP contribution is 2.43. The van der Waals surface area contributed by atoms with E-state index in [1.54, 1.807) is 24.3 Å². The first-order chi connectivity index (χ1) is 11.2. The minimum absolute atomic E-state index is 0.00685. The fourth-order valence-electron chi connectivity index (χ4n) is 3.47. The van der Waals surface area contributed by atoms with E-state index >= 15 is 0 Å². The van der Waals surface area contributed by atoms with Crippen LogP contribution in [-0.4, -0.2) is 27.7 Å². The molecule has 2 N–H and O–H groups in total. The number of Topliss-reactive ketones (excluding diaryl/α,β-unsaturated/α-hetero) is 2. The number of hydrogen-bond donors (Lipinski definition) is 1. The molecule has 3 nitrogen and oxygen atoms in total. The summed E-state index contributed by atoms with van der Waals surface area (Å²) in [5.74, 6) is 1.25. The fraction of sp³-hybridized carbons (Fsp3) is 0.333. The van der Waals surface area contributed by atoms with E-state index in [0.29, 0.717) is 16.8 Å². The number of ketones is 2. The van der Waals surface area contributed by atoms with E-state index in [1.165, 1.54) is 6.42 Å². The minimum Gasteiger partial charge on any atom is -0.401 e. The Morgan fingerprint density at radius 1 is 1.00 bits per heavy atom. The highest BCUT2D eigenvalue weighted by atomic mass is 32.2. The molecule has 2 atom stereocenters. The van der Waals surface area contributed by atoms with Crippen molar-refractivity contribution in [1.82, 2.24) is 0 Å². The van der Waals surface area contributed by atoms with E-state index in [0.717, 1.165) is 17.1 Å². The average Bonchev–Trinajstić information content (AvgIpc) is 2.60. The molecule has 0 aromatic heterocycles. The molecule has 0 saturated carbocycles. The minimum atomic E-state index is -0.527. The summed E-state index contributed by atoms with van der Waals surface area (Å²) in [5.41, 5.74) is 9.07. The topological polar surface area (TPSA) is 60.2 Å². The first-order valence-corrected chi connectivity index (χ1v) is 9.86. The molecule has 5 heteroatoms. The van der Waals surface area contributed by atoms with Gasteiger partial charge < -0.3 is 5.73 Å². The molecule has 1 fully saturated rings. The zero-order valence-electron chi connectivity index (χ0n) is 12.5. The van der Waals surface area contributed by atoms with Crippen LogP contribution in [0.15, 0.2) is 47.7 Å². The van der Waals surface area contributed by atoms with Gasteiger partial charge in [0.15, 0.2) is 11.6 Å². The molecule has 3 aliphatic rings. The van der Waals surface area contributed by atoms with Crippen molar-refractivity contribution in [3.05, 3.63) is 58.8 Å². The molecule has 2 unspecified atom stereocenters. The van der Waals surface area contributed by atoms with Crippen molar-refractivity contribution >= 4 is 35.1 Å². The van der Waals surface area contributed by atoms with Crippen LogP contribution < -0.4 is 5.73 Å². The monoisotopic (exact) mass is 343 g/mol. The number of benzene rings is 1. The second-order valence-electron chi connectivity index (χ2n) is 5.97. The number of allylic oxidation sites excluding steroid dienone is 3. The van der Waals surface area contributed by atoms with E-state index in [4.69, 9.17) is 5.73 Å². The smallest absolute Gasteiger partial charge is 0.173 e. The lowest BCUT2D eigenvalue weighted by Gasteiger charge is -2.35. The maximum absolute atomic E-state index is 12.9. The van der Waals surface area contributed by atoms with Gasteiger partial charge in [-0.2, -0.15) is 0 Å². The third kappa shape index (κ3) is 2.37. The van der Waals surface area contributed by atoms with Gasteiger partial charge in [-0.25, -0.2) is 0 Å². The molecule has 0 bridgehead atoms. The molecular weight excluding hydrogens is 326 g/mol. The lowest BCUT2D eigenvalue weighted by molar-refractivity contribution is 0.0792. The summed E-state index contributed by atoms with van der Waals surface area (Å²) < 4.78 is 0.279. The highest BCUT2D eigenvalue weighted by molar-refractivity contribution is 8.17. The van der Waals surface area contributed by atoms with Gasteiger partial charge in [0, 0.05) is 16.8 Å². The van der Waals surface area contributed by atoms with Crippen molar-refractivity contribution in [2.75, 3.05) is 11.5 Å². The lowest BCUT2D eigenvalue weighted by atomic mass is 9.70. The molecule has 1 aromatic carbocycles. The van der Waals surface area contributed by atoms with Gasteiger partial charge in [-0.05, 0) is 23.5 Å². The Morgan fingerprint density at radius 2 is 1.65 bits per heavy atom. The van der Waals surface area contributed by atoms with Crippen LogP contribution in [0.1, 0.15) is 27.1 Å². The molecule has 2 aliphatic carbocycles. The van der Waals surface area contributed by atoms with Gasteiger partial charge in [-0.15, -0.1) is 23.5 Å². The highest BCUT2D eigenvalue weighted by Gasteiger charge is 2.44. The number of rotatable bonds is 1. The van der Waals surface area contributed by atoms with E-state index in [1.807, 2.05) is 35.7 Å². The predicted octanol–water partition coefficient (Wildman–Crippen LogP) is 3.28. The second kappa shape index (κ2) is 5.87. The normalized spacial score (nSPS) is 27.8. The van der Waals surface area contributed by atoms with E-state index in [-0.39, 0.29) is 16.1 Å². The van der Waals surface area contributed by atoms with Crippen molar-refractivity contribution < 1.29 is 9.59 Å². The van der Waals surface area contributed by atoms with Crippen LogP contribution in [0.25, 0.3) is 0 Å². The van der Waals surface area contributed by atoms with Crippen molar-refractivity contribution in [1.29, 1.82) is 0 Å². The second-order valence-corrected chi connectivity index (χ2v) is 8.70. The van der Waals surface area contributed by atoms with Crippen molar-refractivity contribution in [2.24, 2.45) is 17.6 Å². The number of thioether (sulfide) groups is 2. The van der Waals surface area contributed by atoms with E-state index in [9.17, 15) is 9.59 Å². The van der Waals surface area contributed by atoms with Crippen LogP contribution in [0, 0.1) is 11.8 Å². The first-order valence-electron chi connectivity index (χ1n) is 7.77. The van der Waals surface area contributed by atoms with Crippen molar-refractivity contribution in [3.8, 4) is 0 Å². The standard InChI is InChI=1S/C18H17NO2S2/c19-15-13(18-22-8-3-9-23-18)7-6-12-14(15)17(21)11-5-2-1-4-10(11)16(12)20/h1-2,4-7,12,14,18H,3,8-9,19H2. The Morgan fingerprint density at radius 3 is 2.35 bits per heavy atom. The van der Waals surface area contributed by atoms with Gasteiger partial charge in [0.1, 0.15) is 0 Å². The largest absolute Gasteiger partial charge is 0.401 e. The summed E-state index contributed by atoms with van der Waals surface area (Å²) in [4.78, 5) is 25.7. The molecule has 4 rings (SSSR count). The zero-order chi connectivity index (χ0) is 16.0. The van der Waals surface area contributed by atoms with E-state index < -0.39 is 11.8 Å².